The Balaban J connectivity index is 1.71. The molecule has 0 aromatic carbocycles. The highest BCUT2D eigenvalue weighted by molar-refractivity contribution is 7.86. The molecule has 3 atom stereocenters. The van der Waals surface area contributed by atoms with Crippen molar-refractivity contribution in [3.63, 3.8) is 0 Å². The molecular weight excluding hydrogens is 355 g/mol. The molecule has 3 fully saturated rings. The van der Waals surface area contributed by atoms with Crippen molar-refractivity contribution in [1.82, 2.24) is 13.9 Å². The maximum absolute atomic E-state index is 13.5. The van der Waals surface area contributed by atoms with Crippen LogP contribution in [0.25, 0.3) is 0 Å². The number of hydrogen-bond donors (Lipinski definition) is 4. The Bertz CT molecular complexity index is 579. The molecule has 2 saturated heterocycles. The lowest BCUT2D eigenvalue weighted by Crippen LogP contribution is -2.56. The summed E-state index contributed by atoms with van der Waals surface area (Å²) in [5.41, 5.74) is 5.85. The topological polar surface area (TPSA) is 119 Å². The van der Waals surface area contributed by atoms with E-state index in [9.17, 15) is 8.42 Å². The van der Waals surface area contributed by atoms with Crippen molar-refractivity contribution >= 4 is 17.3 Å². The standard InChI is InChI=1S/C16H33BN4O4S/c1-16(18)12-20(11-13(16)4-3-8-17(22)23)26(24,25)21(14-5-2-6-14)15-7-9-19-10-15/h13-15,19,22-23H,2-12,18H2,1H3/t13-,15?,16-/m0/s1. The fraction of sp³-hybridized carbons (Fsp3) is 1.00. The van der Waals surface area contributed by atoms with E-state index < -0.39 is 22.9 Å². The molecule has 0 aromatic rings. The van der Waals surface area contributed by atoms with Gasteiger partial charge in [0.25, 0.3) is 10.2 Å². The van der Waals surface area contributed by atoms with Crippen LogP contribution in [0.2, 0.25) is 6.32 Å². The first kappa shape index (κ1) is 20.5. The van der Waals surface area contributed by atoms with Crippen LogP contribution in [0.5, 0.6) is 0 Å². The molecule has 0 spiro atoms. The van der Waals surface area contributed by atoms with Gasteiger partial charge in [0.15, 0.2) is 0 Å². The minimum Gasteiger partial charge on any atom is -0.427 e. The van der Waals surface area contributed by atoms with E-state index in [4.69, 9.17) is 15.8 Å². The van der Waals surface area contributed by atoms with Gasteiger partial charge in [-0.1, -0.05) is 12.8 Å². The average molecular weight is 388 g/mol. The molecule has 2 aliphatic heterocycles. The molecule has 3 aliphatic rings. The first-order chi connectivity index (χ1) is 12.2. The fourth-order valence-corrected chi connectivity index (χ4v) is 6.70. The van der Waals surface area contributed by atoms with Crippen LogP contribution in [0.15, 0.2) is 0 Å². The van der Waals surface area contributed by atoms with Crippen LogP contribution in [0, 0.1) is 5.92 Å². The van der Waals surface area contributed by atoms with Gasteiger partial charge >= 0.3 is 7.12 Å². The molecule has 150 valence electrons. The van der Waals surface area contributed by atoms with Crippen LogP contribution < -0.4 is 11.1 Å². The van der Waals surface area contributed by atoms with E-state index in [0.29, 0.717) is 32.3 Å². The van der Waals surface area contributed by atoms with Crippen LogP contribution in [0.4, 0.5) is 0 Å². The Hall–Kier alpha value is -0.225. The third-order valence-corrected chi connectivity index (χ3v) is 8.37. The third kappa shape index (κ3) is 4.26. The first-order valence-electron chi connectivity index (χ1n) is 9.86. The van der Waals surface area contributed by atoms with Crippen molar-refractivity contribution in [3.8, 4) is 0 Å². The van der Waals surface area contributed by atoms with Crippen molar-refractivity contribution in [2.24, 2.45) is 11.7 Å². The first-order valence-corrected chi connectivity index (χ1v) is 11.3. The molecule has 8 nitrogen and oxygen atoms in total. The highest BCUT2D eigenvalue weighted by Gasteiger charge is 2.49. The summed E-state index contributed by atoms with van der Waals surface area (Å²) < 4.78 is 30.3. The van der Waals surface area contributed by atoms with E-state index in [0.717, 1.165) is 38.8 Å². The average Bonchev–Trinajstić information content (AvgIpc) is 3.10. The zero-order valence-electron chi connectivity index (χ0n) is 15.7. The highest BCUT2D eigenvalue weighted by atomic mass is 32.2. The second kappa shape index (κ2) is 8.02. The number of hydrogen-bond acceptors (Lipinski definition) is 6. The Morgan fingerprint density at radius 3 is 2.58 bits per heavy atom. The largest absolute Gasteiger partial charge is 0.451 e. The monoisotopic (exact) mass is 388 g/mol. The minimum absolute atomic E-state index is 0.0287. The Morgan fingerprint density at radius 2 is 2.04 bits per heavy atom. The van der Waals surface area contributed by atoms with Crippen molar-refractivity contribution in [2.75, 3.05) is 26.2 Å². The molecule has 10 heteroatoms. The van der Waals surface area contributed by atoms with E-state index in [2.05, 4.69) is 5.32 Å². The van der Waals surface area contributed by atoms with Crippen LogP contribution in [0.1, 0.15) is 45.4 Å². The SMILES string of the molecule is C[C@]1(N)CN(S(=O)(=O)N(C2CCC2)C2CCNC2)C[C@@H]1CCCB(O)O. The van der Waals surface area contributed by atoms with E-state index >= 15 is 0 Å². The predicted molar refractivity (Wildman–Crippen MR) is 102 cm³/mol. The van der Waals surface area contributed by atoms with E-state index in [1.165, 1.54) is 0 Å². The lowest BCUT2D eigenvalue weighted by molar-refractivity contribution is 0.169. The van der Waals surface area contributed by atoms with Gasteiger partial charge in [0.05, 0.1) is 0 Å². The smallest absolute Gasteiger partial charge is 0.427 e. The number of rotatable bonds is 8. The molecule has 0 bridgehead atoms. The Kier molecular flexibility index (Phi) is 6.33. The number of nitrogens with one attached hydrogen (secondary N) is 1. The molecule has 2 heterocycles. The molecule has 26 heavy (non-hydrogen) atoms. The van der Waals surface area contributed by atoms with Crippen LogP contribution in [0.3, 0.4) is 0 Å². The summed E-state index contributed by atoms with van der Waals surface area (Å²) in [4.78, 5) is 0. The van der Waals surface area contributed by atoms with Gasteiger partial charge < -0.3 is 21.1 Å². The summed E-state index contributed by atoms with van der Waals surface area (Å²) in [7, 11) is -4.86. The highest BCUT2D eigenvalue weighted by Crippen LogP contribution is 2.36. The van der Waals surface area contributed by atoms with Gasteiger partial charge in [-0.2, -0.15) is 17.0 Å². The Morgan fingerprint density at radius 1 is 1.31 bits per heavy atom. The number of nitrogens with two attached hydrogens (primary N) is 1. The van der Waals surface area contributed by atoms with Gasteiger partial charge in [0, 0.05) is 37.3 Å². The van der Waals surface area contributed by atoms with Crippen molar-refractivity contribution in [2.45, 2.75) is 69.4 Å². The van der Waals surface area contributed by atoms with Gasteiger partial charge in [-0.25, -0.2) is 0 Å². The molecule has 0 amide bonds. The third-order valence-electron chi connectivity index (χ3n) is 6.31. The molecule has 0 radical (unpaired) electrons. The fourth-order valence-electron chi connectivity index (χ4n) is 4.48. The van der Waals surface area contributed by atoms with Crippen molar-refractivity contribution in [1.29, 1.82) is 0 Å². The van der Waals surface area contributed by atoms with E-state index in [-0.39, 0.29) is 18.0 Å². The van der Waals surface area contributed by atoms with E-state index in [1.54, 1.807) is 8.61 Å². The predicted octanol–water partition coefficient (Wildman–Crippen LogP) is -0.650. The van der Waals surface area contributed by atoms with Gasteiger partial charge in [0.2, 0.25) is 0 Å². The second-order valence-corrected chi connectivity index (χ2v) is 10.3. The molecule has 0 aromatic heterocycles. The zero-order chi connectivity index (χ0) is 18.9. The lowest BCUT2D eigenvalue weighted by Gasteiger charge is -2.41. The molecule has 1 saturated carbocycles. The van der Waals surface area contributed by atoms with Crippen molar-refractivity contribution in [3.05, 3.63) is 0 Å². The van der Waals surface area contributed by atoms with Gasteiger partial charge in [0.1, 0.15) is 0 Å². The molecule has 1 aliphatic carbocycles. The minimum atomic E-state index is -3.54. The Labute approximate surface area is 157 Å². The molecular formula is C16H33BN4O4S. The maximum Gasteiger partial charge on any atom is 0.451 e. The lowest BCUT2D eigenvalue weighted by atomic mass is 9.79. The molecule has 5 N–H and O–H groups in total. The van der Waals surface area contributed by atoms with Crippen LogP contribution >= 0.6 is 0 Å². The number of nitrogens with zero attached hydrogens (tertiary/aromatic N) is 2. The summed E-state index contributed by atoms with van der Waals surface area (Å²) in [6, 6.07) is 0.162. The summed E-state index contributed by atoms with van der Waals surface area (Å²) in [6.45, 7) is 4.24. The summed E-state index contributed by atoms with van der Waals surface area (Å²) in [5.74, 6) is 0.0287. The quantitative estimate of drug-likeness (QED) is 0.411. The summed E-state index contributed by atoms with van der Waals surface area (Å²) in [5, 5.41) is 21.3. The van der Waals surface area contributed by atoms with Gasteiger partial charge in [-0.15, -0.1) is 0 Å². The van der Waals surface area contributed by atoms with Gasteiger partial charge in [-0.05, 0) is 51.4 Å². The van der Waals surface area contributed by atoms with Crippen LogP contribution in [-0.2, 0) is 10.2 Å². The van der Waals surface area contributed by atoms with Gasteiger partial charge in [-0.3, -0.25) is 0 Å². The molecule has 1 unspecified atom stereocenters. The second-order valence-electron chi connectivity index (χ2n) is 8.48. The van der Waals surface area contributed by atoms with Crippen LogP contribution in [-0.4, -0.2) is 78.0 Å². The van der Waals surface area contributed by atoms with E-state index in [1.807, 2.05) is 6.92 Å². The normalized spacial score (nSPS) is 33.7. The molecule has 3 rings (SSSR count). The van der Waals surface area contributed by atoms with Crippen molar-refractivity contribution < 1.29 is 18.5 Å². The maximum atomic E-state index is 13.5. The summed E-state index contributed by atoms with van der Waals surface area (Å²) >= 11 is 0. The zero-order valence-corrected chi connectivity index (χ0v) is 16.5. The summed E-state index contributed by atoms with van der Waals surface area (Å²) in [6.07, 6.45) is 5.47.